The number of rotatable bonds is 6. The van der Waals surface area contributed by atoms with Crippen LogP contribution < -0.4 is 0 Å². The van der Waals surface area contributed by atoms with Crippen LogP contribution in [-0.4, -0.2) is 25.4 Å². The Morgan fingerprint density at radius 2 is 1.43 bits per heavy atom. The molecule has 0 saturated heterocycles. The van der Waals surface area contributed by atoms with Crippen LogP contribution in [0.15, 0.2) is 88.2 Å². The molecule has 3 aromatic carbocycles. The second kappa shape index (κ2) is 8.57. The second-order valence-electron chi connectivity index (χ2n) is 6.92. The molecule has 6 heteroatoms. The van der Waals surface area contributed by atoms with E-state index in [0.29, 0.717) is 22.5 Å². The molecule has 1 N–H and O–H groups in total. The summed E-state index contributed by atoms with van der Waals surface area (Å²) < 4.78 is 33.8. The average Bonchev–Trinajstić information content (AvgIpc) is 2.73. The maximum atomic E-state index is 12.0. The van der Waals surface area contributed by atoms with Crippen molar-refractivity contribution in [3.63, 3.8) is 0 Å². The molecule has 0 unspecified atom stereocenters. The van der Waals surface area contributed by atoms with Crippen molar-refractivity contribution in [2.75, 3.05) is 0 Å². The Morgan fingerprint density at radius 1 is 0.867 bits per heavy atom. The lowest BCUT2D eigenvalue weighted by atomic mass is 10.0. The SMILES string of the molecule is C=Nc1ccc(-c2ccc(N=C(C)c3ccc(C(=C)C)cc3)cc2S(=O)(=O)O)cc1. The van der Waals surface area contributed by atoms with Crippen LogP contribution in [0.1, 0.15) is 25.0 Å². The average molecular weight is 419 g/mol. The van der Waals surface area contributed by atoms with E-state index in [4.69, 9.17) is 0 Å². The molecule has 5 nitrogen and oxygen atoms in total. The highest BCUT2D eigenvalue weighted by molar-refractivity contribution is 7.86. The maximum absolute atomic E-state index is 12.0. The first kappa shape index (κ1) is 21.4. The van der Waals surface area contributed by atoms with Gasteiger partial charge in [0.05, 0.1) is 11.4 Å². The molecule has 0 amide bonds. The van der Waals surface area contributed by atoms with Crippen LogP contribution in [0.4, 0.5) is 11.4 Å². The highest BCUT2D eigenvalue weighted by Gasteiger charge is 2.17. The van der Waals surface area contributed by atoms with Gasteiger partial charge in [-0.3, -0.25) is 14.5 Å². The molecule has 0 bridgehead atoms. The van der Waals surface area contributed by atoms with Gasteiger partial charge in [-0.2, -0.15) is 8.42 Å². The third-order valence-corrected chi connectivity index (χ3v) is 5.59. The Kier molecular flexibility index (Phi) is 6.10. The minimum absolute atomic E-state index is 0.200. The molecule has 0 aliphatic heterocycles. The lowest BCUT2D eigenvalue weighted by molar-refractivity contribution is 0.483. The summed E-state index contributed by atoms with van der Waals surface area (Å²) in [6.07, 6.45) is 0. The van der Waals surface area contributed by atoms with Crippen molar-refractivity contribution < 1.29 is 13.0 Å². The van der Waals surface area contributed by atoms with Crippen molar-refractivity contribution >= 4 is 39.5 Å². The van der Waals surface area contributed by atoms with Gasteiger partial charge in [-0.25, -0.2) is 0 Å². The van der Waals surface area contributed by atoms with Crippen molar-refractivity contribution in [3.05, 3.63) is 84.4 Å². The van der Waals surface area contributed by atoms with E-state index in [-0.39, 0.29) is 4.90 Å². The van der Waals surface area contributed by atoms with Gasteiger partial charge in [0, 0.05) is 11.3 Å². The second-order valence-corrected chi connectivity index (χ2v) is 8.31. The zero-order valence-corrected chi connectivity index (χ0v) is 17.6. The van der Waals surface area contributed by atoms with Crippen molar-refractivity contribution in [2.45, 2.75) is 18.7 Å². The van der Waals surface area contributed by atoms with E-state index in [2.05, 4.69) is 23.3 Å². The molecule has 3 aromatic rings. The van der Waals surface area contributed by atoms with Gasteiger partial charge < -0.3 is 0 Å². The quantitative estimate of drug-likeness (QED) is 0.388. The van der Waals surface area contributed by atoms with Gasteiger partial charge in [0.1, 0.15) is 4.90 Å². The standard InChI is InChI=1S/C24H22N2O3S/c1-16(2)18-5-7-19(8-6-18)17(3)26-22-13-14-23(24(15-22)30(27,28)29)20-9-11-21(25-4)12-10-20/h5-15H,1,4H2,2-3H3,(H,27,28,29). The number of benzene rings is 3. The van der Waals surface area contributed by atoms with Crippen LogP contribution in [0.2, 0.25) is 0 Å². The van der Waals surface area contributed by atoms with Crippen molar-refractivity contribution in [1.29, 1.82) is 0 Å². The molecule has 0 atom stereocenters. The molecule has 0 aliphatic rings. The Balaban J connectivity index is 2.03. The fourth-order valence-corrected chi connectivity index (χ4v) is 3.77. The predicted octanol–water partition coefficient (Wildman–Crippen LogP) is 6.11. The summed E-state index contributed by atoms with van der Waals surface area (Å²) in [6.45, 7) is 11.2. The predicted molar refractivity (Wildman–Crippen MR) is 124 cm³/mol. The minimum atomic E-state index is -4.45. The van der Waals surface area contributed by atoms with Gasteiger partial charge in [0.25, 0.3) is 10.1 Å². The topological polar surface area (TPSA) is 79.1 Å². The molecular weight excluding hydrogens is 396 g/mol. The third-order valence-electron chi connectivity index (χ3n) is 4.70. The summed E-state index contributed by atoms with van der Waals surface area (Å²) >= 11 is 0. The summed E-state index contributed by atoms with van der Waals surface area (Å²) in [6, 6.07) is 19.4. The first-order valence-electron chi connectivity index (χ1n) is 9.19. The van der Waals surface area contributed by atoms with Crippen LogP contribution in [0.25, 0.3) is 16.7 Å². The lowest BCUT2D eigenvalue weighted by Crippen LogP contribution is -2.01. The van der Waals surface area contributed by atoms with Gasteiger partial charge >= 0.3 is 0 Å². The number of hydrogen-bond acceptors (Lipinski definition) is 4. The van der Waals surface area contributed by atoms with Gasteiger partial charge in [-0.15, -0.1) is 0 Å². The maximum Gasteiger partial charge on any atom is 0.295 e. The monoisotopic (exact) mass is 418 g/mol. The van der Waals surface area contributed by atoms with Crippen LogP contribution in [0.3, 0.4) is 0 Å². The van der Waals surface area contributed by atoms with Crippen molar-refractivity contribution in [1.82, 2.24) is 0 Å². The largest absolute Gasteiger partial charge is 0.295 e. The molecule has 152 valence electrons. The van der Waals surface area contributed by atoms with E-state index in [9.17, 15) is 13.0 Å². The number of allylic oxidation sites excluding steroid dienone is 1. The van der Waals surface area contributed by atoms with E-state index in [0.717, 1.165) is 22.4 Å². The van der Waals surface area contributed by atoms with E-state index in [1.54, 1.807) is 36.4 Å². The van der Waals surface area contributed by atoms with Crippen LogP contribution in [0, 0.1) is 0 Å². The normalized spacial score (nSPS) is 11.9. The van der Waals surface area contributed by atoms with Crippen LogP contribution in [-0.2, 0) is 10.1 Å². The summed E-state index contributed by atoms with van der Waals surface area (Å²) in [5.41, 5.74) is 5.76. The molecule has 0 radical (unpaired) electrons. The first-order chi connectivity index (χ1) is 14.2. The summed E-state index contributed by atoms with van der Waals surface area (Å²) in [7, 11) is -4.45. The van der Waals surface area contributed by atoms with Gasteiger partial charge in [-0.1, -0.05) is 54.6 Å². The molecule has 0 aliphatic carbocycles. The van der Waals surface area contributed by atoms with E-state index in [1.807, 2.05) is 38.1 Å². The molecule has 0 heterocycles. The summed E-state index contributed by atoms with van der Waals surface area (Å²) in [5.74, 6) is 0. The first-order valence-corrected chi connectivity index (χ1v) is 10.6. The Hall–Kier alpha value is -3.35. The van der Waals surface area contributed by atoms with Gasteiger partial charge in [-0.05, 0) is 61.5 Å². The fraction of sp³-hybridized carbons (Fsp3) is 0.0833. The molecule has 3 rings (SSSR count). The number of nitrogens with zero attached hydrogens (tertiary/aromatic N) is 2. The summed E-state index contributed by atoms with van der Waals surface area (Å²) in [4.78, 5) is 8.16. The minimum Gasteiger partial charge on any atom is -0.282 e. The highest BCUT2D eigenvalue weighted by Crippen LogP contribution is 2.32. The van der Waals surface area contributed by atoms with Gasteiger partial charge in [0.2, 0.25) is 0 Å². The molecule has 0 aromatic heterocycles. The summed E-state index contributed by atoms with van der Waals surface area (Å²) in [5, 5.41) is 0. The zero-order valence-electron chi connectivity index (χ0n) is 16.8. The van der Waals surface area contributed by atoms with E-state index < -0.39 is 10.1 Å². The number of hydrogen-bond donors (Lipinski definition) is 1. The number of aliphatic imine (C=N–C) groups is 2. The van der Waals surface area contributed by atoms with Gasteiger partial charge in [0.15, 0.2) is 0 Å². The van der Waals surface area contributed by atoms with Crippen LogP contribution >= 0.6 is 0 Å². The van der Waals surface area contributed by atoms with E-state index in [1.165, 1.54) is 6.07 Å². The molecule has 30 heavy (non-hydrogen) atoms. The molecule has 0 spiro atoms. The van der Waals surface area contributed by atoms with Crippen LogP contribution in [0.5, 0.6) is 0 Å². The van der Waals surface area contributed by atoms with E-state index >= 15 is 0 Å². The third kappa shape index (κ3) is 4.79. The smallest absolute Gasteiger partial charge is 0.282 e. The Labute approximate surface area is 176 Å². The zero-order chi connectivity index (χ0) is 21.9. The molecule has 0 fully saturated rings. The Bertz CT molecular complexity index is 1240. The van der Waals surface area contributed by atoms with Crippen molar-refractivity contribution in [2.24, 2.45) is 9.98 Å². The Morgan fingerprint density at radius 3 is 1.97 bits per heavy atom. The lowest BCUT2D eigenvalue weighted by Gasteiger charge is -2.10. The fourth-order valence-electron chi connectivity index (χ4n) is 3.03. The molecular formula is C24H22N2O3S. The highest BCUT2D eigenvalue weighted by atomic mass is 32.2. The van der Waals surface area contributed by atoms with Crippen molar-refractivity contribution in [3.8, 4) is 11.1 Å². The molecule has 0 saturated carbocycles.